The van der Waals surface area contributed by atoms with Gasteiger partial charge in [-0.15, -0.1) is 0 Å². The molecule has 0 aromatic heterocycles. The van der Waals surface area contributed by atoms with E-state index in [0.717, 1.165) is 24.4 Å². The van der Waals surface area contributed by atoms with Crippen molar-refractivity contribution in [2.45, 2.75) is 25.7 Å². The molecule has 1 rings (SSSR count). The number of anilines is 1. The normalized spacial score (nSPS) is 10.4. The van der Waals surface area contributed by atoms with Crippen molar-refractivity contribution >= 4 is 23.4 Å². The first kappa shape index (κ1) is 17.9. The average Bonchev–Trinajstić information content (AvgIpc) is 2.50. The molecule has 0 aliphatic carbocycles. The third kappa shape index (κ3) is 8.63. The molecule has 0 saturated heterocycles. The number of ether oxygens (including phenoxy) is 1. The number of methoxy groups -OCH3 is 1. The van der Waals surface area contributed by atoms with Crippen molar-refractivity contribution in [1.82, 2.24) is 5.32 Å². The first-order valence-corrected chi connectivity index (χ1v) is 8.79. The van der Waals surface area contributed by atoms with Gasteiger partial charge in [-0.2, -0.15) is 11.8 Å². The SMILES string of the molecule is COc1cccc(NC(=O)CNCCCCCCSC)c1. The zero-order valence-corrected chi connectivity index (χ0v) is 13.8. The Morgan fingerprint density at radius 1 is 1.24 bits per heavy atom. The molecular formula is C16H26N2O2S. The van der Waals surface area contributed by atoms with Crippen LogP contribution in [0.3, 0.4) is 0 Å². The summed E-state index contributed by atoms with van der Waals surface area (Å²) in [5.74, 6) is 1.97. The molecule has 0 radical (unpaired) electrons. The zero-order valence-electron chi connectivity index (χ0n) is 13.0. The Hall–Kier alpha value is -1.20. The maximum atomic E-state index is 11.8. The van der Waals surface area contributed by atoms with Crippen LogP contribution in [0.25, 0.3) is 0 Å². The molecule has 0 saturated carbocycles. The minimum atomic E-state index is -0.0226. The summed E-state index contributed by atoms with van der Waals surface area (Å²) < 4.78 is 5.12. The summed E-state index contributed by atoms with van der Waals surface area (Å²) in [5, 5.41) is 6.03. The summed E-state index contributed by atoms with van der Waals surface area (Å²) in [4.78, 5) is 11.8. The van der Waals surface area contributed by atoms with Crippen molar-refractivity contribution < 1.29 is 9.53 Å². The Kier molecular flexibility index (Phi) is 9.74. The monoisotopic (exact) mass is 310 g/mol. The molecule has 21 heavy (non-hydrogen) atoms. The summed E-state index contributed by atoms with van der Waals surface area (Å²) in [5.41, 5.74) is 0.762. The highest BCUT2D eigenvalue weighted by molar-refractivity contribution is 7.98. The molecule has 2 N–H and O–H groups in total. The van der Waals surface area contributed by atoms with Gasteiger partial charge in [-0.25, -0.2) is 0 Å². The number of amides is 1. The number of benzene rings is 1. The molecule has 1 aromatic carbocycles. The fraction of sp³-hybridized carbons (Fsp3) is 0.562. The number of hydrogen-bond donors (Lipinski definition) is 2. The summed E-state index contributed by atoms with van der Waals surface area (Å²) in [6.07, 6.45) is 7.06. The number of thioether (sulfide) groups is 1. The van der Waals surface area contributed by atoms with Crippen LogP contribution in [0.4, 0.5) is 5.69 Å². The smallest absolute Gasteiger partial charge is 0.238 e. The van der Waals surface area contributed by atoms with Crippen LogP contribution in [-0.2, 0) is 4.79 Å². The number of unbranched alkanes of at least 4 members (excludes halogenated alkanes) is 3. The molecule has 0 atom stereocenters. The molecule has 118 valence electrons. The Labute approximate surface area is 132 Å². The van der Waals surface area contributed by atoms with E-state index in [1.165, 1.54) is 25.0 Å². The van der Waals surface area contributed by atoms with Crippen molar-refractivity contribution in [3.63, 3.8) is 0 Å². The zero-order chi connectivity index (χ0) is 15.3. The van der Waals surface area contributed by atoms with Crippen LogP contribution in [0.5, 0.6) is 5.75 Å². The lowest BCUT2D eigenvalue weighted by Crippen LogP contribution is -2.28. The summed E-state index contributed by atoms with van der Waals surface area (Å²) in [6, 6.07) is 7.37. The lowest BCUT2D eigenvalue weighted by molar-refractivity contribution is -0.115. The van der Waals surface area contributed by atoms with E-state index in [4.69, 9.17) is 4.74 Å². The van der Waals surface area contributed by atoms with Crippen LogP contribution >= 0.6 is 11.8 Å². The Balaban J connectivity index is 2.08. The molecular weight excluding hydrogens is 284 g/mol. The molecule has 5 heteroatoms. The Morgan fingerprint density at radius 3 is 2.81 bits per heavy atom. The number of carbonyl (C=O) groups is 1. The molecule has 0 unspecified atom stereocenters. The Morgan fingerprint density at radius 2 is 2.05 bits per heavy atom. The topological polar surface area (TPSA) is 50.4 Å². The molecule has 0 bridgehead atoms. The van der Waals surface area contributed by atoms with Crippen LogP contribution < -0.4 is 15.4 Å². The largest absolute Gasteiger partial charge is 0.497 e. The van der Waals surface area contributed by atoms with Gasteiger partial charge in [0.2, 0.25) is 5.91 Å². The van der Waals surface area contributed by atoms with Crippen molar-refractivity contribution in [1.29, 1.82) is 0 Å². The van der Waals surface area contributed by atoms with E-state index < -0.39 is 0 Å². The van der Waals surface area contributed by atoms with Crippen molar-refractivity contribution in [3.8, 4) is 5.75 Å². The van der Waals surface area contributed by atoms with E-state index in [1.54, 1.807) is 7.11 Å². The third-order valence-electron chi connectivity index (χ3n) is 3.09. The molecule has 1 aromatic rings. The Bertz CT molecular complexity index is 413. The predicted molar refractivity (Wildman–Crippen MR) is 91.3 cm³/mol. The number of rotatable bonds is 11. The van der Waals surface area contributed by atoms with Crippen LogP contribution in [0, 0.1) is 0 Å². The van der Waals surface area contributed by atoms with Gasteiger partial charge in [-0.1, -0.05) is 18.9 Å². The van der Waals surface area contributed by atoms with Crippen LogP contribution in [0.2, 0.25) is 0 Å². The third-order valence-corrected chi connectivity index (χ3v) is 3.79. The van der Waals surface area contributed by atoms with Gasteiger partial charge in [0, 0.05) is 11.8 Å². The van der Waals surface area contributed by atoms with Gasteiger partial charge < -0.3 is 15.4 Å². The average molecular weight is 310 g/mol. The minimum Gasteiger partial charge on any atom is -0.497 e. The highest BCUT2D eigenvalue weighted by atomic mass is 32.2. The van der Waals surface area contributed by atoms with E-state index in [9.17, 15) is 4.79 Å². The van der Waals surface area contributed by atoms with E-state index >= 15 is 0 Å². The molecule has 0 heterocycles. The van der Waals surface area contributed by atoms with Crippen LogP contribution in [-0.4, -0.2) is 38.1 Å². The molecule has 0 aliphatic heterocycles. The lowest BCUT2D eigenvalue weighted by Gasteiger charge is -2.08. The molecule has 0 fully saturated rings. The summed E-state index contributed by atoms with van der Waals surface area (Å²) in [7, 11) is 1.61. The standard InChI is InChI=1S/C16H26N2O2S/c1-20-15-9-7-8-14(12-15)18-16(19)13-17-10-5-3-4-6-11-21-2/h7-9,12,17H,3-6,10-11,13H2,1-2H3,(H,18,19). The second-order valence-electron chi connectivity index (χ2n) is 4.86. The van der Waals surface area contributed by atoms with Crippen molar-refractivity contribution in [3.05, 3.63) is 24.3 Å². The highest BCUT2D eigenvalue weighted by Gasteiger charge is 2.02. The number of hydrogen-bond acceptors (Lipinski definition) is 4. The lowest BCUT2D eigenvalue weighted by atomic mass is 10.2. The summed E-state index contributed by atoms with van der Waals surface area (Å²) >= 11 is 1.90. The van der Waals surface area contributed by atoms with Crippen molar-refractivity contribution in [2.75, 3.05) is 37.5 Å². The van der Waals surface area contributed by atoms with Crippen LogP contribution in [0.1, 0.15) is 25.7 Å². The molecule has 1 amide bonds. The van der Waals surface area contributed by atoms with E-state index in [0.29, 0.717) is 6.54 Å². The van der Waals surface area contributed by atoms with Gasteiger partial charge >= 0.3 is 0 Å². The van der Waals surface area contributed by atoms with Gasteiger partial charge in [-0.3, -0.25) is 4.79 Å². The summed E-state index contributed by atoms with van der Waals surface area (Å²) in [6.45, 7) is 1.24. The van der Waals surface area contributed by atoms with Gasteiger partial charge in [0.05, 0.1) is 13.7 Å². The van der Waals surface area contributed by atoms with Crippen LogP contribution in [0.15, 0.2) is 24.3 Å². The maximum absolute atomic E-state index is 11.8. The maximum Gasteiger partial charge on any atom is 0.238 e. The number of nitrogens with one attached hydrogen (secondary N) is 2. The van der Waals surface area contributed by atoms with Crippen molar-refractivity contribution in [2.24, 2.45) is 0 Å². The second-order valence-corrected chi connectivity index (χ2v) is 5.85. The van der Waals surface area contributed by atoms with Gasteiger partial charge in [0.1, 0.15) is 5.75 Å². The van der Waals surface area contributed by atoms with Gasteiger partial charge in [0.25, 0.3) is 0 Å². The second kappa shape index (κ2) is 11.5. The highest BCUT2D eigenvalue weighted by Crippen LogP contribution is 2.16. The first-order chi connectivity index (χ1) is 10.3. The quantitative estimate of drug-likeness (QED) is 0.617. The minimum absolute atomic E-state index is 0.0226. The van der Waals surface area contributed by atoms with E-state index in [2.05, 4.69) is 16.9 Å². The first-order valence-electron chi connectivity index (χ1n) is 7.40. The van der Waals surface area contributed by atoms with Gasteiger partial charge in [-0.05, 0) is 43.5 Å². The fourth-order valence-corrected chi connectivity index (χ4v) is 2.45. The molecule has 4 nitrogen and oxygen atoms in total. The van der Waals surface area contributed by atoms with E-state index in [1.807, 2.05) is 36.0 Å². The molecule has 0 spiro atoms. The van der Waals surface area contributed by atoms with E-state index in [-0.39, 0.29) is 5.91 Å². The fourth-order valence-electron chi connectivity index (χ4n) is 1.96. The van der Waals surface area contributed by atoms with Gasteiger partial charge in [0.15, 0.2) is 0 Å². The predicted octanol–water partition coefficient (Wildman–Crippen LogP) is 3.15. The molecule has 0 aliphatic rings. The number of carbonyl (C=O) groups excluding carboxylic acids is 1.